The minimum atomic E-state index is -0.909. The van der Waals surface area contributed by atoms with E-state index in [1.165, 1.54) is 6.07 Å². The predicted octanol–water partition coefficient (Wildman–Crippen LogP) is 1.37. The summed E-state index contributed by atoms with van der Waals surface area (Å²) >= 11 is 0. The molecule has 6 heteroatoms. The molecule has 1 aromatic carbocycles. The number of rotatable bonds is 1. The summed E-state index contributed by atoms with van der Waals surface area (Å²) < 4.78 is 32.3. The Labute approximate surface area is 121 Å². The molecule has 3 aliphatic heterocycles. The number of amides is 1. The summed E-state index contributed by atoms with van der Waals surface area (Å²) in [6.07, 6.45) is 2.24. The molecule has 1 aromatic rings. The number of fused-ring (bicyclic) bond motifs is 2. The zero-order valence-corrected chi connectivity index (χ0v) is 11.4. The van der Waals surface area contributed by atoms with Crippen molar-refractivity contribution in [3.05, 3.63) is 29.3 Å². The van der Waals surface area contributed by atoms with Crippen LogP contribution in [0.1, 0.15) is 18.4 Å². The lowest BCUT2D eigenvalue weighted by atomic mass is 10.1. The van der Waals surface area contributed by atoms with Crippen LogP contribution in [0, 0.1) is 11.6 Å². The molecule has 4 rings (SSSR count). The van der Waals surface area contributed by atoms with Crippen molar-refractivity contribution in [3.8, 4) is 0 Å². The fourth-order valence-electron chi connectivity index (χ4n) is 3.60. The normalized spacial score (nSPS) is 30.6. The van der Waals surface area contributed by atoms with E-state index in [4.69, 9.17) is 4.74 Å². The third kappa shape index (κ3) is 2.05. The van der Waals surface area contributed by atoms with Gasteiger partial charge in [0, 0.05) is 25.3 Å². The Kier molecular flexibility index (Phi) is 2.97. The molecule has 0 saturated carbocycles. The molecular weight excluding hydrogens is 278 g/mol. The maximum absolute atomic E-state index is 13.4. The van der Waals surface area contributed by atoms with Crippen LogP contribution in [0.5, 0.6) is 0 Å². The van der Waals surface area contributed by atoms with E-state index in [9.17, 15) is 13.6 Å². The van der Waals surface area contributed by atoms with Crippen molar-refractivity contribution in [2.45, 2.75) is 37.5 Å². The van der Waals surface area contributed by atoms with Gasteiger partial charge in [-0.2, -0.15) is 0 Å². The van der Waals surface area contributed by atoms with Crippen LogP contribution in [0.25, 0.3) is 0 Å². The number of anilines is 1. The Morgan fingerprint density at radius 1 is 1.33 bits per heavy atom. The number of hydrogen-bond acceptors (Lipinski definition) is 3. The first-order valence-electron chi connectivity index (χ1n) is 7.30. The Bertz CT molecular complexity index is 596. The molecule has 3 aliphatic rings. The van der Waals surface area contributed by atoms with Crippen molar-refractivity contribution in [3.63, 3.8) is 0 Å². The molecule has 2 saturated heterocycles. The van der Waals surface area contributed by atoms with Crippen LogP contribution < -0.4 is 10.2 Å². The minimum Gasteiger partial charge on any atom is -0.376 e. The summed E-state index contributed by atoms with van der Waals surface area (Å²) in [4.78, 5) is 14.2. The van der Waals surface area contributed by atoms with Gasteiger partial charge in [-0.15, -0.1) is 0 Å². The van der Waals surface area contributed by atoms with Gasteiger partial charge in [-0.3, -0.25) is 4.79 Å². The molecule has 21 heavy (non-hydrogen) atoms. The molecule has 0 unspecified atom stereocenters. The molecule has 0 spiro atoms. The van der Waals surface area contributed by atoms with Gasteiger partial charge in [0.25, 0.3) is 0 Å². The van der Waals surface area contributed by atoms with Gasteiger partial charge in [-0.1, -0.05) is 0 Å². The van der Waals surface area contributed by atoms with Crippen molar-refractivity contribution in [1.82, 2.24) is 5.32 Å². The molecule has 1 N–H and O–H groups in total. The van der Waals surface area contributed by atoms with Gasteiger partial charge in [-0.05, 0) is 30.9 Å². The topological polar surface area (TPSA) is 41.6 Å². The summed E-state index contributed by atoms with van der Waals surface area (Å²) in [5.74, 6) is -1.84. The summed E-state index contributed by atoms with van der Waals surface area (Å²) in [6.45, 7) is 1.21. The first kappa shape index (κ1) is 13.2. The van der Waals surface area contributed by atoms with Crippen molar-refractivity contribution >= 4 is 11.6 Å². The van der Waals surface area contributed by atoms with Crippen LogP contribution in [-0.4, -0.2) is 37.2 Å². The Balaban J connectivity index is 1.56. The molecular formula is C15H16F2N2O2. The summed E-state index contributed by atoms with van der Waals surface area (Å²) in [7, 11) is 0. The van der Waals surface area contributed by atoms with Gasteiger partial charge in [0.2, 0.25) is 5.91 Å². The lowest BCUT2D eigenvalue weighted by molar-refractivity contribution is -0.120. The molecule has 0 aromatic heterocycles. The van der Waals surface area contributed by atoms with E-state index in [1.54, 1.807) is 4.90 Å². The number of ether oxygens (including phenoxy) is 1. The number of carbonyl (C=O) groups excluding carboxylic acids is 1. The monoisotopic (exact) mass is 294 g/mol. The van der Waals surface area contributed by atoms with E-state index < -0.39 is 11.6 Å². The molecule has 0 aliphatic carbocycles. The lowest BCUT2D eigenvalue weighted by Gasteiger charge is -2.22. The maximum Gasteiger partial charge on any atom is 0.244 e. The van der Waals surface area contributed by atoms with Gasteiger partial charge in [0.1, 0.15) is 0 Å². The van der Waals surface area contributed by atoms with Crippen LogP contribution in [-0.2, 0) is 16.0 Å². The summed E-state index contributed by atoms with van der Waals surface area (Å²) in [5, 5.41) is 3.30. The first-order chi connectivity index (χ1) is 10.1. The Hall–Kier alpha value is -1.53. The number of nitrogens with zero attached hydrogens (tertiary/aromatic N) is 1. The molecule has 4 nitrogen and oxygen atoms in total. The summed E-state index contributed by atoms with van der Waals surface area (Å²) in [6, 6.07) is 2.27. The van der Waals surface area contributed by atoms with E-state index in [0.29, 0.717) is 30.6 Å². The average molecular weight is 294 g/mol. The number of nitrogens with one attached hydrogen (secondary N) is 1. The minimum absolute atomic E-state index is 0.0715. The zero-order chi connectivity index (χ0) is 14.6. The highest BCUT2D eigenvalue weighted by Crippen LogP contribution is 2.33. The fourth-order valence-corrected chi connectivity index (χ4v) is 3.60. The van der Waals surface area contributed by atoms with E-state index in [1.807, 2.05) is 0 Å². The number of halogens is 2. The van der Waals surface area contributed by atoms with Crippen molar-refractivity contribution in [2.75, 3.05) is 18.1 Å². The zero-order valence-electron chi connectivity index (χ0n) is 11.4. The van der Waals surface area contributed by atoms with E-state index in [0.717, 1.165) is 19.1 Å². The van der Waals surface area contributed by atoms with Crippen molar-refractivity contribution in [1.29, 1.82) is 0 Å². The van der Waals surface area contributed by atoms with Gasteiger partial charge in [0.05, 0.1) is 17.8 Å². The quantitative estimate of drug-likeness (QED) is 0.850. The van der Waals surface area contributed by atoms with Crippen molar-refractivity contribution in [2.24, 2.45) is 0 Å². The smallest absolute Gasteiger partial charge is 0.244 e. The van der Waals surface area contributed by atoms with Gasteiger partial charge >= 0.3 is 0 Å². The Morgan fingerprint density at radius 3 is 2.95 bits per heavy atom. The second-order valence-corrected chi connectivity index (χ2v) is 5.89. The van der Waals surface area contributed by atoms with Gasteiger partial charge < -0.3 is 15.0 Å². The second kappa shape index (κ2) is 4.74. The lowest BCUT2D eigenvalue weighted by Crippen LogP contribution is -2.44. The molecule has 0 radical (unpaired) electrons. The standard InChI is InChI=1S/C15H16F2N2O2/c16-9-5-8-1-3-19(13(8)6-10(9)17)15(20)12-7-14-11(18-12)2-4-21-14/h5-6,11-12,14,18H,1-4,7H2/t11-,12-,14-/m0/s1. The van der Waals surface area contributed by atoms with Crippen LogP contribution in [0.2, 0.25) is 0 Å². The van der Waals surface area contributed by atoms with E-state index >= 15 is 0 Å². The number of carbonyl (C=O) groups is 1. The van der Waals surface area contributed by atoms with Crippen molar-refractivity contribution < 1.29 is 18.3 Å². The third-order valence-electron chi connectivity index (χ3n) is 4.67. The highest BCUT2D eigenvalue weighted by Gasteiger charge is 2.43. The molecule has 3 heterocycles. The number of benzene rings is 1. The molecule has 3 atom stereocenters. The van der Waals surface area contributed by atoms with Crippen LogP contribution in [0.15, 0.2) is 12.1 Å². The molecule has 2 fully saturated rings. The molecule has 0 bridgehead atoms. The fraction of sp³-hybridized carbons (Fsp3) is 0.533. The highest BCUT2D eigenvalue weighted by atomic mass is 19.2. The van der Waals surface area contributed by atoms with E-state index in [2.05, 4.69) is 5.32 Å². The second-order valence-electron chi connectivity index (χ2n) is 5.89. The first-order valence-corrected chi connectivity index (χ1v) is 7.30. The summed E-state index contributed by atoms with van der Waals surface area (Å²) in [5.41, 5.74) is 1.19. The average Bonchev–Trinajstić information content (AvgIpc) is 3.12. The molecule has 1 amide bonds. The predicted molar refractivity (Wildman–Crippen MR) is 72.1 cm³/mol. The van der Waals surface area contributed by atoms with Gasteiger partial charge in [0.15, 0.2) is 11.6 Å². The molecule has 112 valence electrons. The third-order valence-corrected chi connectivity index (χ3v) is 4.67. The highest BCUT2D eigenvalue weighted by molar-refractivity contribution is 5.99. The van der Waals surface area contributed by atoms with Gasteiger partial charge in [-0.25, -0.2) is 8.78 Å². The maximum atomic E-state index is 13.4. The van der Waals surface area contributed by atoms with E-state index in [-0.39, 0.29) is 24.1 Å². The largest absolute Gasteiger partial charge is 0.376 e. The van der Waals surface area contributed by atoms with Crippen LogP contribution in [0.4, 0.5) is 14.5 Å². The Morgan fingerprint density at radius 2 is 2.14 bits per heavy atom. The van der Waals surface area contributed by atoms with Crippen LogP contribution >= 0.6 is 0 Å². The number of hydrogen-bond donors (Lipinski definition) is 1. The van der Waals surface area contributed by atoms with Crippen LogP contribution in [0.3, 0.4) is 0 Å². The SMILES string of the molecule is O=C([C@@H]1C[C@@H]2OCC[C@@H]2N1)N1CCc2cc(F)c(F)cc21.